The Hall–Kier alpha value is -2.71. The minimum atomic E-state index is -3.67. The van der Waals surface area contributed by atoms with E-state index in [1.54, 1.807) is 6.07 Å². The number of hydrogen-bond acceptors (Lipinski definition) is 5. The van der Waals surface area contributed by atoms with Gasteiger partial charge in [0.1, 0.15) is 5.58 Å². The molecule has 27 heavy (non-hydrogen) atoms. The molecule has 0 aliphatic carbocycles. The number of aromatic nitrogens is 1. The van der Waals surface area contributed by atoms with Gasteiger partial charge in [0.2, 0.25) is 10.0 Å². The minimum absolute atomic E-state index is 0.00707. The Labute approximate surface area is 156 Å². The van der Waals surface area contributed by atoms with Crippen LogP contribution in [0.3, 0.4) is 0 Å². The van der Waals surface area contributed by atoms with E-state index in [2.05, 4.69) is 0 Å². The average molecular weight is 388 g/mol. The topological polar surface area (TPSA) is 89.6 Å². The summed E-state index contributed by atoms with van der Waals surface area (Å²) in [5, 5.41) is 0.708. The minimum Gasteiger partial charge on any atom is -0.423 e. The van der Waals surface area contributed by atoms with Crippen LogP contribution in [0.5, 0.6) is 0 Å². The fourth-order valence-corrected chi connectivity index (χ4v) is 3.73. The molecule has 0 radical (unpaired) electrons. The van der Waals surface area contributed by atoms with Crippen LogP contribution in [0, 0.1) is 0 Å². The van der Waals surface area contributed by atoms with Gasteiger partial charge in [0, 0.05) is 37.8 Å². The van der Waals surface area contributed by atoms with E-state index in [0.29, 0.717) is 16.5 Å². The summed E-state index contributed by atoms with van der Waals surface area (Å²) < 4.78 is 32.3. The van der Waals surface area contributed by atoms with E-state index in [-0.39, 0.29) is 17.0 Å². The van der Waals surface area contributed by atoms with Gasteiger partial charge in [-0.15, -0.1) is 0 Å². The molecule has 0 bridgehead atoms. The molecule has 0 fully saturated rings. The average Bonchev–Trinajstić information content (AvgIpc) is 2.62. The lowest BCUT2D eigenvalue weighted by Gasteiger charge is -2.14. The van der Waals surface area contributed by atoms with Gasteiger partial charge >= 0.3 is 5.63 Å². The molecule has 0 aliphatic rings. The second kappa shape index (κ2) is 7.13. The van der Waals surface area contributed by atoms with Gasteiger partial charge in [-0.1, -0.05) is 19.1 Å². The van der Waals surface area contributed by atoms with Crippen LogP contribution in [0.25, 0.3) is 11.0 Å². The van der Waals surface area contributed by atoms with Crippen LogP contribution in [0.1, 0.15) is 18.1 Å². The van der Waals surface area contributed by atoms with Crippen molar-refractivity contribution >= 4 is 21.0 Å². The van der Waals surface area contributed by atoms with Gasteiger partial charge in [0.05, 0.1) is 11.4 Å². The predicted molar refractivity (Wildman–Crippen MR) is 103 cm³/mol. The lowest BCUT2D eigenvalue weighted by Crippen LogP contribution is -2.26. The molecule has 3 rings (SSSR count). The summed E-state index contributed by atoms with van der Waals surface area (Å²) in [6.45, 7) is 2.06. The van der Waals surface area contributed by atoms with Crippen molar-refractivity contribution in [3.8, 4) is 0 Å². The van der Waals surface area contributed by atoms with Crippen LogP contribution in [0.2, 0.25) is 0 Å². The summed E-state index contributed by atoms with van der Waals surface area (Å²) in [7, 11) is -0.829. The molecule has 2 aromatic heterocycles. The molecule has 1 aromatic carbocycles. The number of fused-ring (bicyclic) bond motifs is 1. The Morgan fingerprint density at radius 2 is 1.81 bits per heavy atom. The quantitative estimate of drug-likeness (QED) is 0.622. The molecular weight excluding hydrogens is 368 g/mol. The highest BCUT2D eigenvalue weighted by Gasteiger charge is 2.18. The van der Waals surface area contributed by atoms with E-state index in [0.717, 1.165) is 16.3 Å². The van der Waals surface area contributed by atoms with Crippen molar-refractivity contribution in [1.29, 1.82) is 0 Å². The normalized spacial score (nSPS) is 12.0. The molecule has 3 aromatic rings. The smallest absolute Gasteiger partial charge is 0.336 e. The lowest BCUT2D eigenvalue weighted by molar-refractivity contribution is 0.519. The molecular formula is C19H20N2O5S. The summed E-state index contributed by atoms with van der Waals surface area (Å²) in [6.07, 6.45) is 2.09. The number of aryl methyl sites for hydroxylation is 1. The van der Waals surface area contributed by atoms with Crippen LogP contribution < -0.4 is 11.2 Å². The Morgan fingerprint density at radius 3 is 2.48 bits per heavy atom. The maximum absolute atomic E-state index is 12.3. The molecule has 0 atom stereocenters. The van der Waals surface area contributed by atoms with E-state index in [9.17, 15) is 18.0 Å². The largest absolute Gasteiger partial charge is 0.423 e. The van der Waals surface area contributed by atoms with Gasteiger partial charge in [0.15, 0.2) is 0 Å². The zero-order chi connectivity index (χ0) is 19.8. The van der Waals surface area contributed by atoms with E-state index < -0.39 is 15.6 Å². The summed E-state index contributed by atoms with van der Waals surface area (Å²) >= 11 is 0. The van der Waals surface area contributed by atoms with Gasteiger partial charge in [-0.3, -0.25) is 4.79 Å². The molecule has 0 N–H and O–H groups in total. The highest BCUT2D eigenvalue weighted by molar-refractivity contribution is 7.89. The van der Waals surface area contributed by atoms with Gasteiger partial charge in [-0.25, -0.2) is 17.5 Å². The molecule has 0 saturated carbocycles. The third-order valence-corrected chi connectivity index (χ3v) is 6.18. The zero-order valence-corrected chi connectivity index (χ0v) is 16.1. The third-order valence-electron chi connectivity index (χ3n) is 4.38. The van der Waals surface area contributed by atoms with Crippen molar-refractivity contribution in [1.82, 2.24) is 8.87 Å². The van der Waals surface area contributed by atoms with Crippen molar-refractivity contribution < 1.29 is 12.8 Å². The number of sulfonamides is 1. The highest BCUT2D eigenvalue weighted by Crippen LogP contribution is 2.20. The van der Waals surface area contributed by atoms with E-state index in [4.69, 9.17) is 4.42 Å². The first-order chi connectivity index (χ1) is 12.7. The molecule has 0 amide bonds. The lowest BCUT2D eigenvalue weighted by atomic mass is 10.1. The molecule has 0 unspecified atom stereocenters. The second-order valence-corrected chi connectivity index (χ2v) is 8.54. The van der Waals surface area contributed by atoms with Crippen molar-refractivity contribution in [2.75, 3.05) is 14.1 Å². The first-order valence-corrected chi connectivity index (χ1v) is 9.85. The zero-order valence-electron chi connectivity index (χ0n) is 15.3. The Balaban J connectivity index is 2.13. The molecule has 0 saturated heterocycles. The Kier molecular flexibility index (Phi) is 5.03. The molecule has 2 heterocycles. The summed E-state index contributed by atoms with van der Waals surface area (Å²) in [6, 6.07) is 9.39. The number of rotatable bonds is 5. The second-order valence-electron chi connectivity index (χ2n) is 6.39. The molecule has 8 heteroatoms. The molecule has 0 spiro atoms. The third kappa shape index (κ3) is 3.72. The first kappa shape index (κ1) is 19.1. The van der Waals surface area contributed by atoms with Crippen LogP contribution in [-0.2, 0) is 23.0 Å². The monoisotopic (exact) mass is 388 g/mol. The maximum atomic E-state index is 12.3. The summed E-state index contributed by atoms with van der Waals surface area (Å²) in [5.74, 6) is 0. The van der Waals surface area contributed by atoms with Crippen molar-refractivity contribution in [3.05, 3.63) is 74.5 Å². The fourth-order valence-electron chi connectivity index (χ4n) is 2.80. The van der Waals surface area contributed by atoms with Gasteiger partial charge in [0.25, 0.3) is 5.56 Å². The maximum Gasteiger partial charge on any atom is 0.336 e. The van der Waals surface area contributed by atoms with Crippen LogP contribution in [0.15, 0.2) is 61.5 Å². The number of hydrogen-bond donors (Lipinski definition) is 0. The van der Waals surface area contributed by atoms with Gasteiger partial charge in [-0.2, -0.15) is 0 Å². The summed E-state index contributed by atoms with van der Waals surface area (Å²) in [4.78, 5) is 24.2. The molecule has 0 aliphatic heterocycles. The van der Waals surface area contributed by atoms with Crippen molar-refractivity contribution in [2.45, 2.75) is 24.8 Å². The molecule has 142 valence electrons. The van der Waals surface area contributed by atoms with E-state index >= 15 is 0 Å². The van der Waals surface area contributed by atoms with Crippen LogP contribution in [-0.4, -0.2) is 31.4 Å². The standard InChI is InChI=1S/C19H20N2O5S/c1-4-13-5-7-16-14(10-19(23)26-17(16)9-13)11-21-12-15(6-8-18(21)22)27(24,25)20(2)3/h5-10,12H,4,11H2,1-3H3. The van der Waals surface area contributed by atoms with E-state index in [1.807, 2.05) is 19.1 Å². The van der Waals surface area contributed by atoms with Crippen LogP contribution >= 0.6 is 0 Å². The van der Waals surface area contributed by atoms with E-state index in [1.165, 1.54) is 43.1 Å². The number of pyridine rings is 1. The predicted octanol–water partition coefficient (Wildman–Crippen LogP) is 1.82. The van der Waals surface area contributed by atoms with Crippen LogP contribution in [0.4, 0.5) is 0 Å². The first-order valence-electron chi connectivity index (χ1n) is 8.41. The Bertz CT molecular complexity index is 1220. The fraction of sp³-hybridized carbons (Fsp3) is 0.263. The van der Waals surface area contributed by atoms with Gasteiger partial charge in [-0.05, 0) is 29.7 Å². The summed E-state index contributed by atoms with van der Waals surface area (Å²) in [5.41, 5.74) is 1.18. The van der Waals surface area contributed by atoms with Gasteiger partial charge < -0.3 is 8.98 Å². The number of nitrogens with zero attached hydrogens (tertiary/aromatic N) is 2. The van der Waals surface area contributed by atoms with Crippen molar-refractivity contribution in [3.63, 3.8) is 0 Å². The Morgan fingerprint density at radius 1 is 1.07 bits per heavy atom. The van der Waals surface area contributed by atoms with Crippen molar-refractivity contribution in [2.24, 2.45) is 0 Å². The molecule has 7 nitrogen and oxygen atoms in total. The number of benzene rings is 1. The highest BCUT2D eigenvalue weighted by atomic mass is 32.2. The SMILES string of the molecule is CCc1ccc2c(Cn3cc(S(=O)(=O)N(C)C)ccc3=O)cc(=O)oc2c1.